The smallest absolute Gasteiger partial charge is 0.0849 e. The molecule has 1 saturated heterocycles. The Kier molecular flexibility index (Phi) is 3.50. The van der Waals surface area contributed by atoms with Gasteiger partial charge in [-0.1, -0.05) is 0 Å². The second-order valence-corrected chi connectivity index (χ2v) is 3.82. The summed E-state index contributed by atoms with van der Waals surface area (Å²) in [5, 5.41) is 0. The van der Waals surface area contributed by atoms with Gasteiger partial charge in [-0.15, -0.1) is 0 Å². The summed E-state index contributed by atoms with van der Waals surface area (Å²) in [6.45, 7) is 6.52. The normalized spacial score (nSPS) is 32.8. The Morgan fingerprint density at radius 1 is 1.50 bits per heavy atom. The standard InChI is InChI=1S/C9H20N2O/c1-7(2)11-5-4-8(10)9(6-11)12-3/h7-9H,4-6,10H2,1-3H3/t8-,9+/m1/s1. The van der Waals surface area contributed by atoms with Crippen molar-refractivity contribution >= 4 is 0 Å². The van der Waals surface area contributed by atoms with Crippen molar-refractivity contribution in [1.29, 1.82) is 0 Å². The summed E-state index contributed by atoms with van der Waals surface area (Å²) in [5.74, 6) is 0. The molecule has 1 rings (SSSR count). The summed E-state index contributed by atoms with van der Waals surface area (Å²) in [7, 11) is 1.74. The molecule has 0 bridgehead atoms. The minimum Gasteiger partial charge on any atom is -0.379 e. The van der Waals surface area contributed by atoms with Gasteiger partial charge in [0.15, 0.2) is 0 Å². The molecular weight excluding hydrogens is 152 g/mol. The van der Waals surface area contributed by atoms with E-state index in [1.165, 1.54) is 0 Å². The van der Waals surface area contributed by atoms with E-state index >= 15 is 0 Å². The minimum absolute atomic E-state index is 0.223. The number of methoxy groups -OCH3 is 1. The molecule has 2 atom stereocenters. The van der Waals surface area contributed by atoms with Gasteiger partial charge >= 0.3 is 0 Å². The number of hydrogen-bond donors (Lipinski definition) is 1. The molecule has 1 heterocycles. The molecule has 2 N–H and O–H groups in total. The van der Waals surface area contributed by atoms with Crippen LogP contribution in [0.3, 0.4) is 0 Å². The van der Waals surface area contributed by atoms with Crippen molar-refractivity contribution < 1.29 is 4.74 Å². The molecule has 0 spiro atoms. The van der Waals surface area contributed by atoms with Crippen molar-refractivity contribution in [3.63, 3.8) is 0 Å². The lowest BCUT2D eigenvalue weighted by molar-refractivity contribution is 0.00644. The molecule has 1 fully saturated rings. The highest BCUT2D eigenvalue weighted by Gasteiger charge is 2.27. The second-order valence-electron chi connectivity index (χ2n) is 3.82. The zero-order valence-corrected chi connectivity index (χ0v) is 8.29. The van der Waals surface area contributed by atoms with Crippen LogP contribution < -0.4 is 5.73 Å². The number of nitrogens with zero attached hydrogens (tertiary/aromatic N) is 1. The lowest BCUT2D eigenvalue weighted by atomic mass is 10.0. The van der Waals surface area contributed by atoms with Gasteiger partial charge in [-0.25, -0.2) is 0 Å². The summed E-state index contributed by atoms with van der Waals surface area (Å²) < 4.78 is 5.32. The highest BCUT2D eigenvalue weighted by atomic mass is 16.5. The molecular formula is C9H20N2O. The Morgan fingerprint density at radius 3 is 2.67 bits per heavy atom. The molecule has 0 radical (unpaired) electrons. The van der Waals surface area contributed by atoms with Crippen LogP contribution in [-0.2, 0) is 4.74 Å². The molecule has 12 heavy (non-hydrogen) atoms. The third-order valence-electron chi connectivity index (χ3n) is 2.67. The van der Waals surface area contributed by atoms with Gasteiger partial charge in [0.25, 0.3) is 0 Å². The molecule has 1 aliphatic heterocycles. The van der Waals surface area contributed by atoms with Crippen LogP contribution >= 0.6 is 0 Å². The van der Waals surface area contributed by atoms with Crippen molar-refractivity contribution in [3.8, 4) is 0 Å². The predicted octanol–water partition coefficient (Wildman–Crippen LogP) is 0.443. The van der Waals surface area contributed by atoms with Gasteiger partial charge in [-0.05, 0) is 20.3 Å². The number of hydrogen-bond acceptors (Lipinski definition) is 3. The van der Waals surface area contributed by atoms with Gasteiger partial charge in [0.2, 0.25) is 0 Å². The molecule has 0 aliphatic carbocycles. The first-order chi connectivity index (χ1) is 5.65. The fraction of sp³-hybridized carbons (Fsp3) is 1.00. The molecule has 72 valence electrons. The molecule has 0 aromatic heterocycles. The number of ether oxygens (including phenoxy) is 1. The number of piperidine rings is 1. The second kappa shape index (κ2) is 4.21. The highest BCUT2D eigenvalue weighted by molar-refractivity contribution is 4.84. The van der Waals surface area contributed by atoms with E-state index in [2.05, 4.69) is 18.7 Å². The third kappa shape index (κ3) is 2.19. The molecule has 3 heteroatoms. The molecule has 0 unspecified atom stereocenters. The van der Waals surface area contributed by atoms with Crippen LogP contribution in [0.1, 0.15) is 20.3 Å². The van der Waals surface area contributed by atoms with Gasteiger partial charge in [-0.3, -0.25) is 4.90 Å². The van der Waals surface area contributed by atoms with E-state index in [1.807, 2.05) is 0 Å². The highest BCUT2D eigenvalue weighted by Crippen LogP contribution is 2.13. The van der Waals surface area contributed by atoms with Gasteiger partial charge in [0, 0.05) is 32.3 Å². The Morgan fingerprint density at radius 2 is 2.17 bits per heavy atom. The van der Waals surface area contributed by atoms with E-state index in [9.17, 15) is 0 Å². The molecule has 3 nitrogen and oxygen atoms in total. The van der Waals surface area contributed by atoms with Crippen molar-refractivity contribution in [2.45, 2.75) is 38.5 Å². The molecule has 0 aromatic rings. The lowest BCUT2D eigenvalue weighted by Crippen LogP contribution is -2.53. The van der Waals surface area contributed by atoms with Gasteiger partial charge in [-0.2, -0.15) is 0 Å². The van der Waals surface area contributed by atoms with E-state index in [0.717, 1.165) is 19.5 Å². The fourth-order valence-corrected chi connectivity index (χ4v) is 1.68. The molecule has 0 amide bonds. The Bertz CT molecular complexity index is 138. The summed E-state index contributed by atoms with van der Waals surface area (Å²) in [5.41, 5.74) is 5.90. The van der Waals surface area contributed by atoms with Crippen LogP contribution in [0.2, 0.25) is 0 Å². The summed E-state index contributed by atoms with van der Waals surface area (Å²) in [4.78, 5) is 2.41. The number of rotatable bonds is 2. The fourth-order valence-electron chi connectivity index (χ4n) is 1.68. The summed E-state index contributed by atoms with van der Waals surface area (Å²) in [6, 6.07) is 0.833. The Balaban J connectivity index is 2.44. The quantitative estimate of drug-likeness (QED) is 0.657. The first-order valence-electron chi connectivity index (χ1n) is 4.67. The third-order valence-corrected chi connectivity index (χ3v) is 2.67. The first kappa shape index (κ1) is 9.96. The van der Waals surface area contributed by atoms with Crippen LogP contribution in [0, 0.1) is 0 Å². The van der Waals surface area contributed by atoms with Crippen molar-refractivity contribution in [2.24, 2.45) is 5.73 Å². The van der Waals surface area contributed by atoms with E-state index in [4.69, 9.17) is 10.5 Å². The van der Waals surface area contributed by atoms with Crippen LogP contribution in [0.15, 0.2) is 0 Å². The number of nitrogens with two attached hydrogens (primary N) is 1. The maximum absolute atomic E-state index is 5.90. The monoisotopic (exact) mass is 172 g/mol. The topological polar surface area (TPSA) is 38.5 Å². The van der Waals surface area contributed by atoms with Crippen molar-refractivity contribution in [2.75, 3.05) is 20.2 Å². The van der Waals surface area contributed by atoms with Crippen molar-refractivity contribution in [1.82, 2.24) is 4.90 Å². The largest absolute Gasteiger partial charge is 0.379 e. The zero-order chi connectivity index (χ0) is 9.14. The van der Waals surface area contributed by atoms with E-state index in [-0.39, 0.29) is 12.1 Å². The maximum atomic E-state index is 5.90. The molecule has 0 saturated carbocycles. The molecule has 1 aliphatic rings. The summed E-state index contributed by atoms with van der Waals surface area (Å²) >= 11 is 0. The van der Waals surface area contributed by atoms with Crippen LogP contribution in [0.25, 0.3) is 0 Å². The lowest BCUT2D eigenvalue weighted by Gasteiger charge is -2.38. The minimum atomic E-state index is 0.223. The summed E-state index contributed by atoms with van der Waals surface area (Å²) in [6.07, 6.45) is 1.28. The predicted molar refractivity (Wildman–Crippen MR) is 50.1 cm³/mol. The van der Waals surface area contributed by atoms with Crippen LogP contribution in [-0.4, -0.2) is 43.3 Å². The maximum Gasteiger partial charge on any atom is 0.0849 e. The van der Waals surface area contributed by atoms with Crippen LogP contribution in [0.4, 0.5) is 0 Å². The average molecular weight is 172 g/mol. The van der Waals surface area contributed by atoms with E-state index in [0.29, 0.717) is 6.04 Å². The Hall–Kier alpha value is -0.120. The van der Waals surface area contributed by atoms with E-state index < -0.39 is 0 Å². The van der Waals surface area contributed by atoms with Crippen molar-refractivity contribution in [3.05, 3.63) is 0 Å². The average Bonchev–Trinajstić information content (AvgIpc) is 2.05. The zero-order valence-electron chi connectivity index (χ0n) is 8.29. The van der Waals surface area contributed by atoms with E-state index in [1.54, 1.807) is 7.11 Å². The molecule has 0 aromatic carbocycles. The number of likely N-dealkylation sites (tertiary alicyclic amines) is 1. The van der Waals surface area contributed by atoms with Gasteiger partial charge < -0.3 is 10.5 Å². The van der Waals surface area contributed by atoms with Gasteiger partial charge in [0.05, 0.1) is 6.10 Å². The Labute approximate surface area is 74.9 Å². The van der Waals surface area contributed by atoms with Crippen LogP contribution in [0.5, 0.6) is 0 Å². The SMILES string of the molecule is CO[C@H]1CN(C(C)C)CC[C@H]1N. The first-order valence-corrected chi connectivity index (χ1v) is 4.67. The van der Waals surface area contributed by atoms with Gasteiger partial charge in [0.1, 0.15) is 0 Å².